The number of alkyl halides is 3. The maximum atomic E-state index is 12.9. The molecule has 0 heterocycles. The number of nitrogens with zero attached hydrogens (tertiary/aromatic N) is 1. The molecule has 0 fully saturated rings. The minimum absolute atomic E-state index is 0.00254. The molecule has 32 heavy (non-hydrogen) atoms. The van der Waals surface area contributed by atoms with Crippen molar-refractivity contribution in [2.75, 3.05) is 0 Å². The third-order valence-corrected chi connectivity index (χ3v) is 6.18. The molecule has 0 aliphatic carbocycles. The molecule has 0 unspecified atom stereocenters. The number of hydrogen-bond acceptors (Lipinski definition) is 4. The lowest BCUT2D eigenvalue weighted by atomic mass is 10.1. The average Bonchev–Trinajstić information content (AvgIpc) is 2.70. The number of carbonyl (C=O) groups excluding carboxylic acids is 1. The zero-order chi connectivity index (χ0) is 24.1. The Morgan fingerprint density at radius 1 is 1.06 bits per heavy atom. The summed E-state index contributed by atoms with van der Waals surface area (Å²) in [7, 11) is -4.48. The van der Waals surface area contributed by atoms with Crippen LogP contribution in [0.5, 0.6) is 5.75 Å². The van der Waals surface area contributed by atoms with E-state index in [1.807, 2.05) is 27.7 Å². The van der Waals surface area contributed by atoms with Gasteiger partial charge in [-0.1, -0.05) is 39.0 Å². The molecule has 1 amide bonds. The molecule has 176 valence electrons. The van der Waals surface area contributed by atoms with Gasteiger partial charge in [0.1, 0.15) is 10.6 Å². The Morgan fingerprint density at radius 3 is 2.31 bits per heavy atom. The molecule has 0 aliphatic heterocycles. The van der Waals surface area contributed by atoms with Crippen molar-refractivity contribution in [1.82, 2.24) is 4.90 Å². The molecule has 1 atom stereocenters. The van der Waals surface area contributed by atoms with Gasteiger partial charge in [0.05, 0.1) is 5.56 Å². The van der Waals surface area contributed by atoms with Crippen molar-refractivity contribution in [2.45, 2.75) is 64.2 Å². The standard InChI is InChI=1S/C23H28F3NO4S/c1-5-17(4)27(22(28)12-16(2)3)15-18-8-6-10-20(13-18)31-32(29,30)21-11-7-9-19(14-21)23(24,25)26/h6-11,13-14,16-17H,5,12,15H2,1-4H3/t17-/m0/s1. The van der Waals surface area contributed by atoms with Crippen molar-refractivity contribution < 1.29 is 30.6 Å². The van der Waals surface area contributed by atoms with Crippen LogP contribution in [0.2, 0.25) is 0 Å². The first-order chi connectivity index (χ1) is 14.8. The summed E-state index contributed by atoms with van der Waals surface area (Å²) in [6, 6.07) is 9.56. The van der Waals surface area contributed by atoms with Crippen LogP contribution in [0.3, 0.4) is 0 Å². The van der Waals surface area contributed by atoms with E-state index in [1.165, 1.54) is 12.1 Å². The van der Waals surface area contributed by atoms with Crippen molar-refractivity contribution in [2.24, 2.45) is 5.92 Å². The van der Waals surface area contributed by atoms with Gasteiger partial charge in [-0.25, -0.2) is 0 Å². The highest BCUT2D eigenvalue weighted by molar-refractivity contribution is 7.87. The summed E-state index contributed by atoms with van der Waals surface area (Å²) in [5.74, 6) is 0.152. The van der Waals surface area contributed by atoms with Crippen LogP contribution in [-0.2, 0) is 27.6 Å². The van der Waals surface area contributed by atoms with E-state index in [4.69, 9.17) is 4.18 Å². The summed E-state index contributed by atoms with van der Waals surface area (Å²) in [4.78, 5) is 13.8. The van der Waals surface area contributed by atoms with Crippen LogP contribution < -0.4 is 4.18 Å². The largest absolute Gasteiger partial charge is 0.416 e. The first-order valence-electron chi connectivity index (χ1n) is 10.3. The first kappa shape index (κ1) is 25.7. The third-order valence-electron chi connectivity index (χ3n) is 4.93. The summed E-state index contributed by atoms with van der Waals surface area (Å²) in [6.07, 6.45) is -3.53. The minimum Gasteiger partial charge on any atom is -0.379 e. The molecule has 5 nitrogen and oxygen atoms in total. The van der Waals surface area contributed by atoms with Gasteiger partial charge < -0.3 is 9.08 Å². The zero-order valence-corrected chi connectivity index (χ0v) is 19.3. The molecule has 2 aromatic carbocycles. The molecule has 0 bridgehead atoms. The Morgan fingerprint density at radius 2 is 1.72 bits per heavy atom. The van der Waals surface area contributed by atoms with Gasteiger partial charge in [0.15, 0.2) is 0 Å². The summed E-state index contributed by atoms with van der Waals surface area (Å²) in [5, 5.41) is 0. The fourth-order valence-electron chi connectivity index (χ4n) is 3.07. The van der Waals surface area contributed by atoms with E-state index in [-0.39, 0.29) is 30.2 Å². The molecule has 0 aromatic heterocycles. The van der Waals surface area contributed by atoms with E-state index in [1.54, 1.807) is 17.0 Å². The van der Waals surface area contributed by atoms with Crippen LogP contribution in [0, 0.1) is 5.92 Å². The number of benzene rings is 2. The molecule has 0 spiro atoms. The van der Waals surface area contributed by atoms with E-state index in [9.17, 15) is 26.4 Å². The molecular weight excluding hydrogens is 443 g/mol. The topological polar surface area (TPSA) is 63.7 Å². The third kappa shape index (κ3) is 6.98. The molecule has 0 radical (unpaired) electrons. The Balaban J connectivity index is 2.26. The lowest BCUT2D eigenvalue weighted by molar-refractivity contribution is -0.138. The highest BCUT2D eigenvalue weighted by Crippen LogP contribution is 2.31. The fraction of sp³-hybridized carbons (Fsp3) is 0.435. The van der Waals surface area contributed by atoms with E-state index in [0.29, 0.717) is 18.1 Å². The Kier molecular flexibility index (Phi) is 8.34. The number of rotatable bonds is 9. The molecular formula is C23H28F3NO4S. The van der Waals surface area contributed by atoms with E-state index >= 15 is 0 Å². The second-order valence-corrected chi connectivity index (χ2v) is 9.63. The van der Waals surface area contributed by atoms with Crippen LogP contribution in [0.15, 0.2) is 53.4 Å². The molecule has 0 aliphatic rings. The van der Waals surface area contributed by atoms with Crippen molar-refractivity contribution in [3.8, 4) is 5.75 Å². The molecule has 0 saturated carbocycles. The van der Waals surface area contributed by atoms with Gasteiger partial charge in [0.2, 0.25) is 5.91 Å². The number of hydrogen-bond donors (Lipinski definition) is 0. The van der Waals surface area contributed by atoms with Crippen molar-refractivity contribution in [3.63, 3.8) is 0 Å². The summed E-state index contributed by atoms with van der Waals surface area (Å²) in [5.41, 5.74) is -0.428. The van der Waals surface area contributed by atoms with Crippen LogP contribution >= 0.6 is 0 Å². The second-order valence-electron chi connectivity index (χ2n) is 8.09. The highest BCUT2D eigenvalue weighted by atomic mass is 32.2. The minimum atomic E-state index is -4.67. The van der Waals surface area contributed by atoms with Crippen molar-refractivity contribution in [3.05, 3.63) is 59.7 Å². The van der Waals surface area contributed by atoms with Gasteiger partial charge in [-0.3, -0.25) is 4.79 Å². The Bertz CT molecular complexity index is 1040. The highest BCUT2D eigenvalue weighted by Gasteiger charge is 2.32. The summed E-state index contributed by atoms with van der Waals surface area (Å²) < 4.78 is 69.0. The SMILES string of the molecule is CC[C@H](C)N(Cc1cccc(OS(=O)(=O)c2cccc(C(F)(F)F)c2)c1)C(=O)CC(C)C. The van der Waals surface area contributed by atoms with Crippen molar-refractivity contribution >= 4 is 16.0 Å². The Hall–Kier alpha value is -2.55. The zero-order valence-electron chi connectivity index (χ0n) is 18.5. The van der Waals surface area contributed by atoms with Gasteiger partial charge in [-0.05, 0) is 55.2 Å². The van der Waals surface area contributed by atoms with Gasteiger partial charge in [-0.2, -0.15) is 21.6 Å². The Labute approximate surface area is 187 Å². The summed E-state index contributed by atoms with van der Waals surface area (Å²) in [6.45, 7) is 8.10. The summed E-state index contributed by atoms with van der Waals surface area (Å²) >= 11 is 0. The van der Waals surface area contributed by atoms with Crippen LogP contribution in [-0.4, -0.2) is 25.3 Å². The van der Waals surface area contributed by atoms with Crippen LogP contribution in [0.1, 0.15) is 51.7 Å². The second kappa shape index (κ2) is 10.4. The number of halogens is 3. The average molecular weight is 472 g/mol. The molecule has 2 rings (SSSR count). The lowest BCUT2D eigenvalue weighted by Gasteiger charge is -2.29. The monoisotopic (exact) mass is 471 g/mol. The van der Waals surface area contributed by atoms with Gasteiger partial charge >= 0.3 is 16.3 Å². The van der Waals surface area contributed by atoms with Gasteiger partial charge in [0, 0.05) is 19.0 Å². The quantitative estimate of drug-likeness (QED) is 0.444. The number of amides is 1. The van der Waals surface area contributed by atoms with Crippen molar-refractivity contribution in [1.29, 1.82) is 0 Å². The normalized spacial score (nSPS) is 13.1. The molecule has 0 saturated heterocycles. The van der Waals surface area contributed by atoms with E-state index in [2.05, 4.69) is 0 Å². The molecule has 9 heteroatoms. The maximum Gasteiger partial charge on any atom is 0.416 e. The maximum absolute atomic E-state index is 12.9. The fourth-order valence-corrected chi connectivity index (χ4v) is 4.04. The first-order valence-corrected chi connectivity index (χ1v) is 11.7. The van der Waals surface area contributed by atoms with Gasteiger partial charge in [-0.15, -0.1) is 0 Å². The van der Waals surface area contributed by atoms with Crippen LogP contribution in [0.4, 0.5) is 13.2 Å². The van der Waals surface area contributed by atoms with Gasteiger partial charge in [0.25, 0.3) is 0 Å². The predicted molar refractivity (Wildman–Crippen MR) is 115 cm³/mol. The van der Waals surface area contributed by atoms with E-state index in [0.717, 1.165) is 24.6 Å². The predicted octanol–water partition coefficient (Wildman–Crippen LogP) is 5.65. The molecule has 2 aromatic rings. The smallest absolute Gasteiger partial charge is 0.379 e. The van der Waals surface area contributed by atoms with Crippen LogP contribution in [0.25, 0.3) is 0 Å². The number of carbonyl (C=O) groups is 1. The molecule has 0 N–H and O–H groups in total. The lowest BCUT2D eigenvalue weighted by Crippen LogP contribution is -2.38. The van der Waals surface area contributed by atoms with E-state index < -0.39 is 26.8 Å².